The number of para-hydroxylation sites is 1. The van der Waals surface area contributed by atoms with Gasteiger partial charge >= 0.3 is 5.97 Å². The highest BCUT2D eigenvalue weighted by atomic mass is 35.5. The van der Waals surface area contributed by atoms with Crippen LogP contribution in [0.5, 0.6) is 0 Å². The largest absolute Gasteiger partial charge is 0.478 e. The predicted molar refractivity (Wildman–Crippen MR) is 128 cm³/mol. The number of nitrogens with zero attached hydrogens (tertiary/aromatic N) is 3. The van der Waals surface area contributed by atoms with E-state index < -0.39 is 5.97 Å². The van der Waals surface area contributed by atoms with Gasteiger partial charge in [-0.05, 0) is 67.7 Å². The van der Waals surface area contributed by atoms with Crippen LogP contribution in [0.2, 0.25) is 10.2 Å². The molecule has 2 aromatic heterocycles. The first kappa shape index (κ1) is 20.7. The van der Waals surface area contributed by atoms with E-state index in [1.54, 1.807) is 16.8 Å². The van der Waals surface area contributed by atoms with Crippen molar-refractivity contribution < 1.29 is 9.90 Å². The molecule has 0 saturated carbocycles. The Bertz CT molecular complexity index is 1420. The number of hydrogen-bond donors (Lipinski definition) is 1. The third kappa shape index (κ3) is 3.48. The molecule has 0 aliphatic heterocycles. The van der Waals surface area contributed by atoms with E-state index in [-0.39, 0.29) is 0 Å². The second kappa shape index (κ2) is 8.08. The first-order chi connectivity index (χ1) is 15.4. The lowest BCUT2D eigenvalue weighted by molar-refractivity contribution is 0.0697. The standard InChI is InChI=1S/C25H19Cl2N3O2/c1-14-20(24(27)30(29-14)17-8-5-7-16(26)13-17)12-15-6-4-10-19-22(25(31)32)18-9-2-3-11-21(18)28-23(15)19/h2-3,5,7-9,11-13H,4,6,10H2,1H3,(H,31,32). The zero-order valence-electron chi connectivity index (χ0n) is 17.3. The van der Waals surface area contributed by atoms with E-state index in [0.717, 1.165) is 46.6 Å². The number of aryl methyl sites for hydroxylation is 1. The molecule has 160 valence electrons. The normalized spacial score (nSPS) is 14.7. The summed E-state index contributed by atoms with van der Waals surface area (Å²) in [5, 5.41) is 16.3. The van der Waals surface area contributed by atoms with Crippen LogP contribution in [0.25, 0.3) is 28.2 Å². The van der Waals surface area contributed by atoms with Gasteiger partial charge in [0.15, 0.2) is 0 Å². The Morgan fingerprint density at radius 3 is 2.72 bits per heavy atom. The summed E-state index contributed by atoms with van der Waals surface area (Å²) in [4.78, 5) is 17.0. The third-order valence-electron chi connectivity index (χ3n) is 5.80. The Balaban J connectivity index is 1.69. The van der Waals surface area contributed by atoms with Crippen molar-refractivity contribution in [2.24, 2.45) is 0 Å². The van der Waals surface area contributed by atoms with Gasteiger partial charge in [-0.15, -0.1) is 0 Å². The molecule has 0 unspecified atom stereocenters. The number of fused-ring (bicyclic) bond motifs is 2. The average molecular weight is 464 g/mol. The molecule has 1 N–H and O–H groups in total. The second-order valence-electron chi connectivity index (χ2n) is 7.84. The molecule has 0 spiro atoms. The molecule has 7 heteroatoms. The fourth-order valence-corrected chi connectivity index (χ4v) is 4.86. The zero-order chi connectivity index (χ0) is 22.4. The van der Waals surface area contributed by atoms with Gasteiger partial charge in [0.05, 0.1) is 28.2 Å². The lowest BCUT2D eigenvalue weighted by atomic mass is 9.86. The highest BCUT2D eigenvalue weighted by molar-refractivity contribution is 6.32. The highest BCUT2D eigenvalue weighted by Crippen LogP contribution is 2.37. The molecule has 0 fully saturated rings. The molecule has 2 aromatic carbocycles. The highest BCUT2D eigenvalue weighted by Gasteiger charge is 2.25. The number of carboxylic acid groups (broad SMARTS) is 1. The summed E-state index contributed by atoms with van der Waals surface area (Å²) >= 11 is 12.9. The maximum Gasteiger partial charge on any atom is 0.336 e. The number of carboxylic acids is 1. The minimum absolute atomic E-state index is 0.341. The fourth-order valence-electron chi connectivity index (χ4n) is 4.35. The van der Waals surface area contributed by atoms with Crippen LogP contribution < -0.4 is 0 Å². The fraction of sp³-hybridized carbons (Fsp3) is 0.160. The monoisotopic (exact) mass is 463 g/mol. The minimum atomic E-state index is -0.927. The van der Waals surface area contributed by atoms with Crippen molar-refractivity contribution in [3.8, 4) is 5.69 Å². The van der Waals surface area contributed by atoms with Crippen molar-refractivity contribution >= 4 is 51.7 Å². The number of halogens is 2. The van der Waals surface area contributed by atoms with E-state index in [2.05, 4.69) is 5.10 Å². The van der Waals surface area contributed by atoms with E-state index in [1.165, 1.54) is 0 Å². The third-order valence-corrected chi connectivity index (χ3v) is 6.40. The number of aromatic nitrogens is 3. The van der Waals surface area contributed by atoms with Gasteiger partial charge in [-0.1, -0.05) is 47.5 Å². The smallest absolute Gasteiger partial charge is 0.336 e. The van der Waals surface area contributed by atoms with Crippen LogP contribution in [0.4, 0.5) is 0 Å². The molecule has 0 radical (unpaired) electrons. The Morgan fingerprint density at radius 1 is 1.12 bits per heavy atom. The summed E-state index contributed by atoms with van der Waals surface area (Å²) in [5.74, 6) is -0.927. The second-order valence-corrected chi connectivity index (χ2v) is 8.64. The van der Waals surface area contributed by atoms with Crippen LogP contribution in [0.3, 0.4) is 0 Å². The lowest BCUT2D eigenvalue weighted by Gasteiger charge is -2.21. The van der Waals surface area contributed by atoms with Crippen LogP contribution in [-0.4, -0.2) is 25.8 Å². The topological polar surface area (TPSA) is 68.0 Å². The summed E-state index contributed by atoms with van der Waals surface area (Å²) in [5.41, 5.74) is 5.84. The van der Waals surface area contributed by atoms with E-state index in [1.807, 2.05) is 49.4 Å². The number of rotatable bonds is 3. The summed E-state index contributed by atoms with van der Waals surface area (Å²) in [6, 6.07) is 14.7. The molecule has 1 aliphatic rings. The van der Waals surface area contributed by atoms with Crippen molar-refractivity contribution in [1.82, 2.24) is 14.8 Å². The van der Waals surface area contributed by atoms with Crippen LogP contribution in [0.1, 0.15) is 45.7 Å². The Hall–Kier alpha value is -3.15. The molecule has 5 rings (SSSR count). The maximum absolute atomic E-state index is 12.2. The SMILES string of the molecule is Cc1nn(-c2cccc(Cl)c2)c(Cl)c1C=C1CCCc2c1nc1ccccc1c2C(=O)O. The average Bonchev–Trinajstić information content (AvgIpc) is 3.06. The van der Waals surface area contributed by atoms with Crippen LogP contribution in [0, 0.1) is 6.92 Å². The molecule has 0 atom stereocenters. The Labute approximate surface area is 194 Å². The van der Waals surface area contributed by atoms with Crippen LogP contribution >= 0.6 is 23.2 Å². The molecular weight excluding hydrogens is 445 g/mol. The first-order valence-electron chi connectivity index (χ1n) is 10.3. The van der Waals surface area contributed by atoms with Crippen LogP contribution in [0.15, 0.2) is 48.5 Å². The number of pyridine rings is 1. The van der Waals surface area contributed by atoms with E-state index in [9.17, 15) is 9.90 Å². The molecular formula is C25H19Cl2N3O2. The van der Waals surface area contributed by atoms with Crippen molar-refractivity contribution in [2.45, 2.75) is 26.2 Å². The Morgan fingerprint density at radius 2 is 1.94 bits per heavy atom. The molecule has 1 aliphatic carbocycles. The first-order valence-corrected chi connectivity index (χ1v) is 11.1. The summed E-state index contributed by atoms with van der Waals surface area (Å²) in [6.07, 6.45) is 4.31. The van der Waals surface area contributed by atoms with Gasteiger partial charge in [-0.2, -0.15) is 5.10 Å². The summed E-state index contributed by atoms with van der Waals surface area (Å²) in [7, 11) is 0. The van der Waals surface area contributed by atoms with Gasteiger partial charge in [0.2, 0.25) is 0 Å². The van der Waals surface area contributed by atoms with Gasteiger partial charge < -0.3 is 5.11 Å². The number of allylic oxidation sites excluding steroid dienone is 1. The number of carbonyl (C=O) groups is 1. The van der Waals surface area contributed by atoms with Crippen molar-refractivity contribution in [3.05, 3.63) is 86.8 Å². The van der Waals surface area contributed by atoms with Crippen molar-refractivity contribution in [1.29, 1.82) is 0 Å². The van der Waals surface area contributed by atoms with E-state index in [0.29, 0.717) is 33.1 Å². The predicted octanol–water partition coefficient (Wildman–Crippen LogP) is 6.61. The number of benzene rings is 2. The summed E-state index contributed by atoms with van der Waals surface area (Å²) < 4.78 is 1.66. The van der Waals surface area contributed by atoms with Crippen molar-refractivity contribution in [3.63, 3.8) is 0 Å². The van der Waals surface area contributed by atoms with Gasteiger partial charge in [-0.3, -0.25) is 0 Å². The van der Waals surface area contributed by atoms with Crippen LogP contribution in [-0.2, 0) is 6.42 Å². The molecule has 0 bridgehead atoms. The lowest BCUT2D eigenvalue weighted by Crippen LogP contribution is -2.13. The molecule has 4 aromatic rings. The number of aromatic carboxylic acids is 1. The molecule has 2 heterocycles. The van der Waals surface area contributed by atoms with Gasteiger partial charge in [0, 0.05) is 16.0 Å². The molecule has 0 amide bonds. The van der Waals surface area contributed by atoms with Gasteiger partial charge in [0.25, 0.3) is 0 Å². The quantitative estimate of drug-likeness (QED) is 0.371. The zero-order valence-corrected chi connectivity index (χ0v) is 18.8. The summed E-state index contributed by atoms with van der Waals surface area (Å²) in [6.45, 7) is 1.90. The Kier molecular flexibility index (Phi) is 5.24. The molecule has 0 saturated heterocycles. The minimum Gasteiger partial charge on any atom is -0.478 e. The van der Waals surface area contributed by atoms with Gasteiger partial charge in [-0.25, -0.2) is 14.5 Å². The van der Waals surface area contributed by atoms with E-state index >= 15 is 0 Å². The van der Waals surface area contributed by atoms with Crippen molar-refractivity contribution in [2.75, 3.05) is 0 Å². The van der Waals surface area contributed by atoms with Gasteiger partial charge in [0.1, 0.15) is 5.15 Å². The molecule has 32 heavy (non-hydrogen) atoms. The number of hydrogen-bond acceptors (Lipinski definition) is 3. The molecule has 5 nitrogen and oxygen atoms in total. The van der Waals surface area contributed by atoms with E-state index in [4.69, 9.17) is 28.2 Å². The maximum atomic E-state index is 12.2.